The van der Waals surface area contributed by atoms with Gasteiger partial charge in [0.05, 0.1) is 11.8 Å². The van der Waals surface area contributed by atoms with E-state index in [9.17, 15) is 17.2 Å². The topological polar surface area (TPSA) is 72.6 Å². The number of anilines is 1. The van der Waals surface area contributed by atoms with Crippen LogP contribution < -0.4 is 5.73 Å². The van der Waals surface area contributed by atoms with E-state index < -0.39 is 32.2 Å². The first-order valence-corrected chi connectivity index (χ1v) is 7.59. The Bertz CT molecular complexity index is 601. The van der Waals surface area contributed by atoms with E-state index >= 15 is 0 Å². The molecule has 112 valence electrons. The third-order valence-electron chi connectivity index (χ3n) is 3.22. The molecule has 1 aromatic carbocycles. The number of benzene rings is 1. The molecule has 0 saturated carbocycles. The van der Waals surface area contributed by atoms with Gasteiger partial charge in [-0.1, -0.05) is 0 Å². The van der Waals surface area contributed by atoms with E-state index in [4.69, 9.17) is 10.5 Å². The first kappa shape index (κ1) is 15.1. The van der Waals surface area contributed by atoms with Crippen LogP contribution in [0.3, 0.4) is 0 Å². The molecule has 5 nitrogen and oxygen atoms in total. The van der Waals surface area contributed by atoms with Crippen LogP contribution in [-0.2, 0) is 14.8 Å². The molecule has 1 fully saturated rings. The van der Waals surface area contributed by atoms with Crippen LogP contribution in [0.5, 0.6) is 0 Å². The minimum Gasteiger partial charge on any atom is -0.396 e. The lowest BCUT2D eigenvalue weighted by atomic mass is 10.2. The molecular weight excluding hydrogens is 290 g/mol. The van der Waals surface area contributed by atoms with Crippen molar-refractivity contribution in [3.05, 3.63) is 23.8 Å². The number of ether oxygens (including phenoxy) is 1. The molecule has 1 atom stereocenters. The van der Waals surface area contributed by atoms with Gasteiger partial charge in [0.25, 0.3) is 0 Å². The van der Waals surface area contributed by atoms with E-state index in [1.54, 1.807) is 0 Å². The van der Waals surface area contributed by atoms with Gasteiger partial charge in [0, 0.05) is 26.3 Å². The maximum absolute atomic E-state index is 13.7. The SMILES string of the molecule is CN(CC1CCCO1)S(=O)(=O)c1cc(N)c(F)cc1F. The predicted molar refractivity (Wildman–Crippen MR) is 69.6 cm³/mol. The van der Waals surface area contributed by atoms with Gasteiger partial charge in [-0.05, 0) is 18.9 Å². The van der Waals surface area contributed by atoms with E-state index in [0.717, 1.165) is 23.2 Å². The van der Waals surface area contributed by atoms with E-state index in [1.165, 1.54) is 7.05 Å². The molecule has 1 aromatic rings. The number of sulfonamides is 1. The quantitative estimate of drug-likeness (QED) is 0.852. The van der Waals surface area contributed by atoms with Gasteiger partial charge in [-0.2, -0.15) is 4.31 Å². The van der Waals surface area contributed by atoms with Gasteiger partial charge in [0.2, 0.25) is 10.0 Å². The summed E-state index contributed by atoms with van der Waals surface area (Å²) >= 11 is 0. The van der Waals surface area contributed by atoms with Crippen molar-refractivity contribution >= 4 is 15.7 Å². The van der Waals surface area contributed by atoms with Crippen LogP contribution in [0.25, 0.3) is 0 Å². The molecule has 0 radical (unpaired) electrons. The summed E-state index contributed by atoms with van der Waals surface area (Å²) < 4.78 is 57.6. The zero-order valence-electron chi connectivity index (χ0n) is 11.0. The van der Waals surface area contributed by atoms with Gasteiger partial charge in [-0.25, -0.2) is 17.2 Å². The Hall–Kier alpha value is -1.25. The highest BCUT2D eigenvalue weighted by Gasteiger charge is 2.29. The summed E-state index contributed by atoms with van der Waals surface area (Å²) in [5, 5.41) is 0. The summed E-state index contributed by atoms with van der Waals surface area (Å²) in [5.41, 5.74) is 4.89. The second-order valence-corrected chi connectivity index (χ2v) is 6.74. The van der Waals surface area contributed by atoms with Crippen LogP contribution in [0.2, 0.25) is 0 Å². The lowest BCUT2D eigenvalue weighted by Gasteiger charge is -2.21. The molecule has 1 saturated heterocycles. The smallest absolute Gasteiger partial charge is 0.245 e. The summed E-state index contributed by atoms with van der Waals surface area (Å²) in [6.07, 6.45) is 1.43. The standard InChI is InChI=1S/C12H16F2N2O3S/c1-16(7-8-3-2-4-19-8)20(17,18)12-6-11(15)9(13)5-10(12)14/h5-6,8H,2-4,7,15H2,1H3. The van der Waals surface area contributed by atoms with Crippen LogP contribution in [0.4, 0.5) is 14.5 Å². The largest absolute Gasteiger partial charge is 0.396 e. The molecule has 1 heterocycles. The molecule has 20 heavy (non-hydrogen) atoms. The van der Waals surface area contributed by atoms with Crippen molar-refractivity contribution in [3.63, 3.8) is 0 Å². The molecule has 0 bridgehead atoms. The fraction of sp³-hybridized carbons (Fsp3) is 0.500. The number of rotatable bonds is 4. The second-order valence-electron chi connectivity index (χ2n) is 4.72. The van der Waals surface area contributed by atoms with E-state index in [-0.39, 0.29) is 12.6 Å². The van der Waals surface area contributed by atoms with Crippen molar-refractivity contribution in [1.29, 1.82) is 0 Å². The molecule has 1 aliphatic rings. The number of likely N-dealkylation sites (N-methyl/N-ethyl adjacent to an activating group) is 1. The normalized spacial score (nSPS) is 19.7. The maximum atomic E-state index is 13.7. The molecule has 2 rings (SSSR count). The van der Waals surface area contributed by atoms with Crippen LogP contribution in [0.1, 0.15) is 12.8 Å². The van der Waals surface area contributed by atoms with E-state index in [0.29, 0.717) is 12.7 Å². The molecule has 0 spiro atoms. The Labute approximate surface area is 116 Å². The molecule has 0 amide bonds. The van der Waals surface area contributed by atoms with E-state index in [1.807, 2.05) is 0 Å². The van der Waals surface area contributed by atoms with Crippen molar-refractivity contribution in [2.24, 2.45) is 0 Å². The summed E-state index contributed by atoms with van der Waals surface area (Å²) in [6, 6.07) is 1.27. The highest BCUT2D eigenvalue weighted by molar-refractivity contribution is 7.89. The average molecular weight is 306 g/mol. The van der Waals surface area contributed by atoms with Crippen LogP contribution >= 0.6 is 0 Å². The molecule has 0 aromatic heterocycles. The Kier molecular flexibility index (Phi) is 4.26. The maximum Gasteiger partial charge on any atom is 0.245 e. The summed E-state index contributed by atoms with van der Waals surface area (Å²) in [6.45, 7) is 0.718. The highest BCUT2D eigenvalue weighted by Crippen LogP contribution is 2.24. The van der Waals surface area contributed by atoms with Gasteiger partial charge < -0.3 is 10.5 Å². The Morgan fingerprint density at radius 1 is 1.40 bits per heavy atom. The number of hydrogen-bond donors (Lipinski definition) is 1. The average Bonchev–Trinajstić information content (AvgIpc) is 2.86. The molecule has 0 aliphatic carbocycles. The fourth-order valence-electron chi connectivity index (χ4n) is 2.08. The number of halogens is 2. The predicted octanol–water partition coefficient (Wildman–Crippen LogP) is 1.35. The summed E-state index contributed by atoms with van der Waals surface area (Å²) in [5.74, 6) is -2.14. The third kappa shape index (κ3) is 2.92. The van der Waals surface area contributed by atoms with Gasteiger partial charge in [0.15, 0.2) is 0 Å². The highest BCUT2D eigenvalue weighted by atomic mass is 32.2. The lowest BCUT2D eigenvalue weighted by Crippen LogP contribution is -2.34. The van der Waals surface area contributed by atoms with Crippen molar-refractivity contribution in [2.45, 2.75) is 23.8 Å². The Morgan fingerprint density at radius 2 is 2.10 bits per heavy atom. The van der Waals surface area contributed by atoms with Crippen LogP contribution in [0.15, 0.2) is 17.0 Å². The molecular formula is C12H16F2N2O3S. The van der Waals surface area contributed by atoms with Crippen molar-refractivity contribution in [2.75, 3.05) is 25.9 Å². The zero-order chi connectivity index (χ0) is 14.9. The minimum absolute atomic E-state index is 0.124. The van der Waals surface area contributed by atoms with Crippen LogP contribution in [-0.4, -0.2) is 39.0 Å². The Balaban J connectivity index is 2.27. The van der Waals surface area contributed by atoms with Crippen molar-refractivity contribution in [3.8, 4) is 0 Å². The van der Waals surface area contributed by atoms with Gasteiger partial charge in [-0.3, -0.25) is 0 Å². The first-order valence-electron chi connectivity index (χ1n) is 6.15. The van der Waals surface area contributed by atoms with Gasteiger partial charge >= 0.3 is 0 Å². The lowest BCUT2D eigenvalue weighted by molar-refractivity contribution is 0.0978. The Morgan fingerprint density at radius 3 is 2.70 bits per heavy atom. The third-order valence-corrected chi connectivity index (χ3v) is 5.06. The summed E-state index contributed by atoms with van der Waals surface area (Å²) in [4.78, 5) is -0.628. The number of nitrogen functional groups attached to an aromatic ring is 1. The second kappa shape index (κ2) is 5.63. The van der Waals surface area contributed by atoms with Gasteiger partial charge in [-0.15, -0.1) is 0 Å². The molecule has 8 heteroatoms. The zero-order valence-corrected chi connectivity index (χ0v) is 11.8. The first-order chi connectivity index (χ1) is 9.32. The fourth-order valence-corrected chi connectivity index (χ4v) is 3.36. The summed E-state index contributed by atoms with van der Waals surface area (Å²) in [7, 11) is -2.74. The minimum atomic E-state index is -4.06. The number of nitrogens with zero attached hydrogens (tertiary/aromatic N) is 1. The van der Waals surface area contributed by atoms with Gasteiger partial charge in [0.1, 0.15) is 16.5 Å². The van der Waals surface area contributed by atoms with E-state index in [2.05, 4.69) is 0 Å². The molecule has 2 N–H and O–H groups in total. The monoisotopic (exact) mass is 306 g/mol. The van der Waals surface area contributed by atoms with Crippen molar-refractivity contribution < 1.29 is 21.9 Å². The van der Waals surface area contributed by atoms with Crippen molar-refractivity contribution in [1.82, 2.24) is 4.31 Å². The number of hydrogen-bond acceptors (Lipinski definition) is 4. The van der Waals surface area contributed by atoms with Crippen LogP contribution in [0, 0.1) is 11.6 Å². The number of nitrogens with two attached hydrogens (primary N) is 1. The molecule has 1 unspecified atom stereocenters. The molecule has 1 aliphatic heterocycles.